The van der Waals surface area contributed by atoms with Gasteiger partial charge in [0.15, 0.2) is 0 Å². The van der Waals surface area contributed by atoms with Crippen molar-refractivity contribution in [2.75, 3.05) is 31.6 Å². The largest absolute Gasteiger partial charge is 0.378 e. The molecule has 6 nitrogen and oxygen atoms in total. The molecule has 1 aromatic heterocycles. The lowest BCUT2D eigenvalue weighted by Gasteiger charge is -2.26. The van der Waals surface area contributed by atoms with E-state index in [0.29, 0.717) is 32.7 Å². The summed E-state index contributed by atoms with van der Waals surface area (Å²) < 4.78 is 5.29. The first-order valence-electron chi connectivity index (χ1n) is 9.17. The Morgan fingerprint density at radius 2 is 1.89 bits per heavy atom. The van der Waals surface area contributed by atoms with Gasteiger partial charge in [-0.05, 0) is 19.1 Å². The SMILES string of the molecule is Cc1sc(CC(=O)N2CCOCC2)nc1-c1ccc(NC(=O)C(C)C)cc1. The normalized spacial score (nSPS) is 14.4. The van der Waals surface area contributed by atoms with Crippen LogP contribution in [0.1, 0.15) is 23.7 Å². The maximum atomic E-state index is 12.4. The summed E-state index contributed by atoms with van der Waals surface area (Å²) in [6.07, 6.45) is 0.327. The summed E-state index contributed by atoms with van der Waals surface area (Å²) in [7, 11) is 0. The predicted molar refractivity (Wildman–Crippen MR) is 107 cm³/mol. The van der Waals surface area contributed by atoms with Crippen molar-refractivity contribution in [2.45, 2.75) is 27.2 Å². The molecule has 1 aromatic carbocycles. The van der Waals surface area contributed by atoms with Crippen LogP contribution in [-0.4, -0.2) is 48.0 Å². The van der Waals surface area contributed by atoms with Gasteiger partial charge in [0.2, 0.25) is 11.8 Å². The summed E-state index contributed by atoms with van der Waals surface area (Å²) >= 11 is 1.56. The molecular formula is C20H25N3O3S. The zero-order chi connectivity index (χ0) is 19.4. The third kappa shape index (κ3) is 4.93. The Kier molecular flexibility index (Phi) is 6.23. The minimum absolute atomic E-state index is 0.00324. The van der Waals surface area contributed by atoms with Gasteiger partial charge in [0.05, 0.1) is 25.3 Å². The van der Waals surface area contributed by atoms with E-state index in [-0.39, 0.29) is 17.7 Å². The number of nitrogens with zero attached hydrogens (tertiary/aromatic N) is 2. The maximum Gasteiger partial charge on any atom is 0.229 e. The molecule has 27 heavy (non-hydrogen) atoms. The number of thiazole rings is 1. The molecule has 2 aromatic rings. The first-order chi connectivity index (χ1) is 12.9. The Balaban J connectivity index is 1.68. The number of benzene rings is 1. The summed E-state index contributed by atoms with van der Waals surface area (Å²) in [6.45, 7) is 8.26. The highest BCUT2D eigenvalue weighted by Gasteiger charge is 2.19. The molecule has 1 saturated heterocycles. The summed E-state index contributed by atoms with van der Waals surface area (Å²) in [5.74, 6) is 0.0406. The van der Waals surface area contributed by atoms with Gasteiger partial charge in [0.1, 0.15) is 5.01 Å². The van der Waals surface area contributed by atoms with E-state index in [0.717, 1.165) is 26.8 Å². The maximum absolute atomic E-state index is 12.4. The number of ether oxygens (including phenoxy) is 1. The van der Waals surface area contributed by atoms with E-state index in [1.807, 2.05) is 49.9 Å². The molecule has 1 N–H and O–H groups in total. The van der Waals surface area contributed by atoms with Crippen molar-refractivity contribution in [2.24, 2.45) is 5.92 Å². The second kappa shape index (κ2) is 8.63. The van der Waals surface area contributed by atoms with Crippen LogP contribution in [0.4, 0.5) is 5.69 Å². The number of aromatic nitrogens is 1. The third-order valence-corrected chi connectivity index (χ3v) is 5.43. The number of carbonyl (C=O) groups excluding carboxylic acids is 2. The molecule has 1 fully saturated rings. The van der Waals surface area contributed by atoms with Gasteiger partial charge in [0, 0.05) is 35.1 Å². The summed E-state index contributed by atoms with van der Waals surface area (Å²) in [5.41, 5.74) is 2.65. The van der Waals surface area contributed by atoms with E-state index in [1.165, 1.54) is 0 Å². The lowest BCUT2D eigenvalue weighted by molar-refractivity contribution is -0.134. The van der Waals surface area contributed by atoms with Gasteiger partial charge in [0.25, 0.3) is 0 Å². The van der Waals surface area contributed by atoms with E-state index < -0.39 is 0 Å². The van der Waals surface area contributed by atoms with Crippen molar-refractivity contribution < 1.29 is 14.3 Å². The van der Waals surface area contributed by atoms with Crippen LogP contribution in [0.3, 0.4) is 0 Å². The monoisotopic (exact) mass is 387 g/mol. The molecule has 2 heterocycles. The van der Waals surface area contributed by atoms with Crippen LogP contribution in [-0.2, 0) is 20.7 Å². The fourth-order valence-corrected chi connectivity index (χ4v) is 3.79. The lowest BCUT2D eigenvalue weighted by Crippen LogP contribution is -2.41. The molecule has 0 unspecified atom stereocenters. The second-order valence-corrected chi connectivity index (χ2v) is 8.19. The van der Waals surface area contributed by atoms with E-state index >= 15 is 0 Å². The molecule has 2 amide bonds. The van der Waals surface area contributed by atoms with Gasteiger partial charge in [-0.2, -0.15) is 0 Å². The minimum Gasteiger partial charge on any atom is -0.378 e. The third-order valence-electron chi connectivity index (χ3n) is 4.46. The van der Waals surface area contributed by atoms with Gasteiger partial charge >= 0.3 is 0 Å². The van der Waals surface area contributed by atoms with Crippen LogP contribution in [0.2, 0.25) is 0 Å². The zero-order valence-electron chi connectivity index (χ0n) is 15.9. The van der Waals surface area contributed by atoms with Gasteiger partial charge in [-0.3, -0.25) is 9.59 Å². The van der Waals surface area contributed by atoms with Crippen molar-refractivity contribution in [1.29, 1.82) is 0 Å². The predicted octanol–water partition coefficient (Wildman–Crippen LogP) is 3.11. The number of anilines is 1. The Labute approximate surface area is 163 Å². The average Bonchev–Trinajstić information content (AvgIpc) is 3.03. The van der Waals surface area contributed by atoms with Crippen LogP contribution in [0.25, 0.3) is 11.3 Å². The van der Waals surface area contributed by atoms with Crippen LogP contribution in [0.15, 0.2) is 24.3 Å². The number of nitrogens with one attached hydrogen (secondary N) is 1. The standard InChI is InChI=1S/C20H25N3O3S/c1-13(2)20(25)21-16-6-4-15(5-7-16)19-14(3)27-17(22-19)12-18(24)23-8-10-26-11-9-23/h4-7,13H,8-12H2,1-3H3,(H,21,25). The number of aryl methyl sites for hydroxylation is 1. The molecule has 0 aliphatic carbocycles. The van der Waals surface area contributed by atoms with Gasteiger partial charge in [-0.25, -0.2) is 4.98 Å². The van der Waals surface area contributed by atoms with E-state index in [4.69, 9.17) is 4.74 Å². The number of morpholine rings is 1. The number of rotatable bonds is 5. The molecule has 0 bridgehead atoms. The van der Waals surface area contributed by atoms with Crippen LogP contribution in [0.5, 0.6) is 0 Å². The second-order valence-electron chi connectivity index (χ2n) is 6.90. The van der Waals surface area contributed by atoms with Crippen molar-refractivity contribution in [1.82, 2.24) is 9.88 Å². The molecule has 7 heteroatoms. The highest BCUT2D eigenvalue weighted by Crippen LogP contribution is 2.29. The Morgan fingerprint density at radius 3 is 2.52 bits per heavy atom. The van der Waals surface area contributed by atoms with Crippen molar-refractivity contribution in [3.63, 3.8) is 0 Å². The van der Waals surface area contributed by atoms with E-state index in [2.05, 4.69) is 10.3 Å². The molecule has 0 saturated carbocycles. The topological polar surface area (TPSA) is 71.5 Å². The molecule has 1 aliphatic heterocycles. The van der Waals surface area contributed by atoms with Gasteiger partial charge in [-0.1, -0.05) is 26.0 Å². The van der Waals surface area contributed by atoms with Crippen LogP contribution < -0.4 is 5.32 Å². The first kappa shape index (κ1) is 19.5. The number of hydrogen-bond donors (Lipinski definition) is 1. The van der Waals surface area contributed by atoms with Crippen LogP contribution in [0, 0.1) is 12.8 Å². The van der Waals surface area contributed by atoms with Gasteiger partial charge < -0.3 is 15.0 Å². The first-order valence-corrected chi connectivity index (χ1v) is 9.99. The average molecular weight is 388 g/mol. The number of amides is 2. The van der Waals surface area contributed by atoms with Crippen molar-refractivity contribution >= 4 is 28.8 Å². The Hall–Kier alpha value is -2.25. The smallest absolute Gasteiger partial charge is 0.229 e. The summed E-state index contributed by atoms with van der Waals surface area (Å²) in [6, 6.07) is 7.66. The molecule has 0 atom stereocenters. The zero-order valence-corrected chi connectivity index (χ0v) is 16.8. The van der Waals surface area contributed by atoms with Crippen LogP contribution >= 0.6 is 11.3 Å². The summed E-state index contributed by atoms with van der Waals surface area (Å²) in [5, 5.41) is 3.71. The molecule has 144 valence electrons. The quantitative estimate of drug-likeness (QED) is 0.856. The molecule has 1 aliphatic rings. The minimum atomic E-state index is -0.0583. The number of hydrogen-bond acceptors (Lipinski definition) is 5. The van der Waals surface area contributed by atoms with Crippen molar-refractivity contribution in [3.8, 4) is 11.3 Å². The Morgan fingerprint density at radius 1 is 1.22 bits per heavy atom. The summed E-state index contributed by atoms with van der Waals surface area (Å²) in [4.78, 5) is 31.8. The molecule has 0 radical (unpaired) electrons. The van der Waals surface area contributed by atoms with Gasteiger partial charge in [-0.15, -0.1) is 11.3 Å². The highest BCUT2D eigenvalue weighted by atomic mass is 32.1. The van der Waals surface area contributed by atoms with E-state index in [1.54, 1.807) is 11.3 Å². The van der Waals surface area contributed by atoms with Crippen molar-refractivity contribution in [3.05, 3.63) is 34.2 Å². The molecular weight excluding hydrogens is 362 g/mol. The molecule has 3 rings (SSSR count). The number of carbonyl (C=O) groups is 2. The fraction of sp³-hybridized carbons (Fsp3) is 0.450. The Bertz CT molecular complexity index is 808. The molecule has 0 spiro atoms. The fourth-order valence-electron chi connectivity index (χ4n) is 2.85. The van der Waals surface area contributed by atoms with E-state index in [9.17, 15) is 9.59 Å². The highest BCUT2D eigenvalue weighted by molar-refractivity contribution is 7.12. The lowest BCUT2D eigenvalue weighted by atomic mass is 10.1.